The molecule has 1 aromatic heterocycles. The summed E-state index contributed by atoms with van der Waals surface area (Å²) >= 11 is 0. The first-order valence-corrected chi connectivity index (χ1v) is 9.40. The molecule has 2 aromatic rings. The van der Waals surface area contributed by atoms with Crippen molar-refractivity contribution in [3.05, 3.63) is 59.4 Å². The first kappa shape index (κ1) is 20.8. The summed E-state index contributed by atoms with van der Waals surface area (Å²) in [6, 6.07) is 7.48. The lowest BCUT2D eigenvalue weighted by molar-refractivity contribution is -0.141. The molecule has 0 radical (unpaired) electrons. The first-order valence-electron chi connectivity index (χ1n) is 7.92. The lowest BCUT2D eigenvalue weighted by Gasteiger charge is -2.11. The highest BCUT2D eigenvalue weighted by Gasteiger charge is 2.32. The Bertz CT molecular complexity index is 911. The molecule has 0 aliphatic heterocycles. The fourth-order valence-electron chi connectivity index (χ4n) is 2.18. The zero-order chi connectivity index (χ0) is 20.2. The van der Waals surface area contributed by atoms with Crippen molar-refractivity contribution in [2.45, 2.75) is 37.5 Å². The van der Waals surface area contributed by atoms with Crippen LogP contribution in [0.15, 0.2) is 47.5 Å². The van der Waals surface area contributed by atoms with Crippen LogP contribution in [0.1, 0.15) is 35.5 Å². The van der Waals surface area contributed by atoms with Crippen LogP contribution in [-0.4, -0.2) is 25.4 Å². The number of hydrogen-bond donors (Lipinski definition) is 2. The SMILES string of the molecule is CC(C)NS(=O)(=O)c1cccc(CNC(=O)c2ccc(C(F)(F)F)nc2)c1. The van der Waals surface area contributed by atoms with Gasteiger partial charge in [-0.05, 0) is 43.7 Å². The van der Waals surface area contributed by atoms with Gasteiger partial charge >= 0.3 is 6.18 Å². The lowest BCUT2D eigenvalue weighted by atomic mass is 10.2. The second-order valence-electron chi connectivity index (χ2n) is 6.04. The Morgan fingerprint density at radius 2 is 1.89 bits per heavy atom. The van der Waals surface area contributed by atoms with Crippen molar-refractivity contribution in [2.75, 3.05) is 0 Å². The number of pyridine rings is 1. The third kappa shape index (κ3) is 5.76. The van der Waals surface area contributed by atoms with Crippen LogP contribution in [0.4, 0.5) is 13.2 Å². The molecule has 0 saturated heterocycles. The minimum absolute atomic E-state index is 0.00486. The molecule has 0 fully saturated rings. The van der Waals surface area contributed by atoms with Crippen LogP contribution < -0.4 is 10.0 Å². The molecule has 1 amide bonds. The van der Waals surface area contributed by atoms with Crippen molar-refractivity contribution in [3.8, 4) is 0 Å². The molecule has 27 heavy (non-hydrogen) atoms. The summed E-state index contributed by atoms with van der Waals surface area (Å²) in [6.07, 6.45) is -3.74. The molecule has 2 N–H and O–H groups in total. The summed E-state index contributed by atoms with van der Waals surface area (Å²) in [5.41, 5.74) is -0.599. The van der Waals surface area contributed by atoms with Crippen molar-refractivity contribution in [1.82, 2.24) is 15.0 Å². The van der Waals surface area contributed by atoms with E-state index in [0.29, 0.717) is 5.56 Å². The van der Waals surface area contributed by atoms with E-state index in [9.17, 15) is 26.4 Å². The summed E-state index contributed by atoms with van der Waals surface area (Å²) in [7, 11) is -3.67. The molecule has 0 saturated carbocycles. The summed E-state index contributed by atoms with van der Waals surface area (Å²) < 4.78 is 64.3. The third-order valence-corrected chi connectivity index (χ3v) is 5.03. The predicted molar refractivity (Wildman–Crippen MR) is 92.3 cm³/mol. The number of hydrogen-bond acceptors (Lipinski definition) is 4. The lowest BCUT2D eigenvalue weighted by Crippen LogP contribution is -2.30. The fourth-order valence-corrected chi connectivity index (χ4v) is 3.50. The van der Waals surface area contributed by atoms with E-state index in [1.54, 1.807) is 19.9 Å². The molecule has 0 unspecified atom stereocenters. The van der Waals surface area contributed by atoms with Gasteiger partial charge in [0.1, 0.15) is 5.69 Å². The number of nitrogens with zero attached hydrogens (tertiary/aromatic N) is 1. The van der Waals surface area contributed by atoms with E-state index in [0.717, 1.165) is 18.3 Å². The number of aromatic nitrogens is 1. The van der Waals surface area contributed by atoms with E-state index >= 15 is 0 Å². The van der Waals surface area contributed by atoms with Gasteiger partial charge in [-0.25, -0.2) is 13.1 Å². The van der Waals surface area contributed by atoms with Gasteiger partial charge in [-0.15, -0.1) is 0 Å². The summed E-state index contributed by atoms with van der Waals surface area (Å²) in [4.78, 5) is 15.3. The standard InChI is InChI=1S/C17H18F3N3O3S/c1-11(2)23-27(25,26)14-5-3-4-12(8-14)9-22-16(24)13-6-7-15(21-10-13)17(18,19)20/h3-8,10-11,23H,9H2,1-2H3,(H,22,24). The van der Waals surface area contributed by atoms with Crippen LogP contribution in [-0.2, 0) is 22.7 Å². The summed E-state index contributed by atoms with van der Waals surface area (Å²) in [5.74, 6) is -0.621. The van der Waals surface area contributed by atoms with Crippen LogP contribution >= 0.6 is 0 Å². The quantitative estimate of drug-likeness (QED) is 0.779. The van der Waals surface area contributed by atoms with Gasteiger partial charge in [0, 0.05) is 18.8 Å². The zero-order valence-corrected chi connectivity index (χ0v) is 15.4. The highest BCUT2D eigenvalue weighted by atomic mass is 32.2. The molecule has 1 heterocycles. The van der Waals surface area contributed by atoms with E-state index in [1.165, 1.54) is 18.2 Å². The van der Waals surface area contributed by atoms with E-state index in [1.807, 2.05) is 0 Å². The van der Waals surface area contributed by atoms with Crippen LogP contribution in [0.2, 0.25) is 0 Å². The molecule has 0 aliphatic carbocycles. The highest BCUT2D eigenvalue weighted by Crippen LogP contribution is 2.27. The summed E-state index contributed by atoms with van der Waals surface area (Å²) in [5, 5.41) is 2.52. The monoisotopic (exact) mass is 401 g/mol. The molecule has 2 rings (SSSR count). The number of nitrogens with one attached hydrogen (secondary N) is 2. The van der Waals surface area contributed by atoms with Gasteiger partial charge in [0.05, 0.1) is 10.5 Å². The molecular formula is C17H18F3N3O3S. The third-order valence-electron chi connectivity index (χ3n) is 3.37. The van der Waals surface area contributed by atoms with Crippen molar-refractivity contribution in [3.63, 3.8) is 0 Å². The average molecular weight is 401 g/mol. The molecule has 0 spiro atoms. The van der Waals surface area contributed by atoms with Gasteiger partial charge in [0.2, 0.25) is 10.0 Å². The number of alkyl halides is 3. The Hall–Kier alpha value is -2.46. The van der Waals surface area contributed by atoms with Gasteiger partial charge in [0.25, 0.3) is 5.91 Å². The van der Waals surface area contributed by atoms with Crippen LogP contribution in [0.5, 0.6) is 0 Å². The van der Waals surface area contributed by atoms with Crippen molar-refractivity contribution >= 4 is 15.9 Å². The predicted octanol–water partition coefficient (Wildman–Crippen LogP) is 2.72. The Labute approximate surface area is 154 Å². The summed E-state index contributed by atoms with van der Waals surface area (Å²) in [6.45, 7) is 3.39. The number of benzene rings is 1. The van der Waals surface area contributed by atoms with Crippen LogP contribution in [0, 0.1) is 0 Å². The number of amides is 1. The molecule has 10 heteroatoms. The number of rotatable bonds is 6. The Morgan fingerprint density at radius 1 is 1.19 bits per heavy atom. The highest BCUT2D eigenvalue weighted by molar-refractivity contribution is 7.89. The minimum atomic E-state index is -4.58. The Balaban J connectivity index is 2.06. The van der Waals surface area contributed by atoms with E-state index in [4.69, 9.17) is 0 Å². The topological polar surface area (TPSA) is 88.2 Å². The van der Waals surface area contributed by atoms with Crippen molar-refractivity contribution < 1.29 is 26.4 Å². The largest absolute Gasteiger partial charge is 0.433 e. The Morgan fingerprint density at radius 3 is 2.44 bits per heavy atom. The second-order valence-corrected chi connectivity index (χ2v) is 7.75. The molecule has 6 nitrogen and oxygen atoms in total. The average Bonchev–Trinajstić information content (AvgIpc) is 2.58. The minimum Gasteiger partial charge on any atom is -0.348 e. The fraction of sp³-hybridized carbons (Fsp3) is 0.294. The molecular weight excluding hydrogens is 383 g/mol. The smallest absolute Gasteiger partial charge is 0.348 e. The van der Waals surface area contributed by atoms with Gasteiger partial charge in [0.15, 0.2) is 0 Å². The van der Waals surface area contributed by atoms with Gasteiger partial charge in [-0.2, -0.15) is 13.2 Å². The van der Waals surface area contributed by atoms with E-state index in [-0.39, 0.29) is 23.0 Å². The molecule has 0 aliphatic rings. The van der Waals surface area contributed by atoms with E-state index in [2.05, 4.69) is 15.0 Å². The van der Waals surface area contributed by atoms with Gasteiger partial charge < -0.3 is 5.32 Å². The maximum atomic E-state index is 12.5. The van der Waals surface area contributed by atoms with Crippen molar-refractivity contribution in [2.24, 2.45) is 0 Å². The second kappa shape index (κ2) is 8.05. The maximum absolute atomic E-state index is 12.5. The number of carbonyl (C=O) groups excluding carboxylic acids is 1. The van der Waals surface area contributed by atoms with Crippen LogP contribution in [0.3, 0.4) is 0 Å². The van der Waals surface area contributed by atoms with Gasteiger partial charge in [-0.3, -0.25) is 9.78 Å². The number of halogens is 3. The molecule has 1 aromatic carbocycles. The van der Waals surface area contributed by atoms with Crippen molar-refractivity contribution in [1.29, 1.82) is 0 Å². The molecule has 0 bridgehead atoms. The molecule has 146 valence electrons. The maximum Gasteiger partial charge on any atom is 0.433 e. The normalized spacial score (nSPS) is 12.2. The number of sulfonamides is 1. The van der Waals surface area contributed by atoms with E-state index < -0.39 is 27.8 Å². The Kier molecular flexibility index (Phi) is 6.22. The first-order chi connectivity index (χ1) is 12.5. The zero-order valence-electron chi connectivity index (χ0n) is 14.5. The number of carbonyl (C=O) groups is 1. The molecule has 0 atom stereocenters. The van der Waals surface area contributed by atoms with Crippen LogP contribution in [0.25, 0.3) is 0 Å². The van der Waals surface area contributed by atoms with Gasteiger partial charge in [-0.1, -0.05) is 12.1 Å².